The van der Waals surface area contributed by atoms with Crippen molar-refractivity contribution in [1.82, 2.24) is 15.2 Å². The van der Waals surface area contributed by atoms with E-state index in [2.05, 4.69) is 27.3 Å². The number of Topliss-reactive ketones (excluding diaryl/α,β-unsaturated/α-hetero) is 1. The van der Waals surface area contributed by atoms with E-state index in [1.54, 1.807) is 6.20 Å². The molecule has 1 aromatic heterocycles. The number of hydrogen-bond acceptors (Lipinski definition) is 4. The van der Waals surface area contributed by atoms with Crippen molar-refractivity contribution >= 4 is 22.5 Å². The molecule has 194 valence electrons. The lowest BCUT2D eigenvalue weighted by Gasteiger charge is -2.30. The van der Waals surface area contributed by atoms with E-state index in [0.717, 1.165) is 67.6 Å². The number of benzene rings is 2. The van der Waals surface area contributed by atoms with Gasteiger partial charge in [0, 0.05) is 42.2 Å². The van der Waals surface area contributed by atoms with Crippen molar-refractivity contribution in [3.05, 3.63) is 77.1 Å². The van der Waals surface area contributed by atoms with Crippen molar-refractivity contribution in [3.63, 3.8) is 0 Å². The van der Waals surface area contributed by atoms with E-state index < -0.39 is 0 Å². The molecule has 1 aliphatic carbocycles. The molecule has 0 radical (unpaired) electrons. The van der Waals surface area contributed by atoms with Gasteiger partial charge in [-0.05, 0) is 86.1 Å². The molecule has 2 aromatic carbocycles. The number of ketones is 1. The number of nitrogens with zero attached hydrogens (tertiary/aromatic N) is 2. The Kier molecular flexibility index (Phi) is 7.99. The summed E-state index contributed by atoms with van der Waals surface area (Å²) < 4.78 is 0. The van der Waals surface area contributed by atoms with Crippen LogP contribution in [-0.4, -0.2) is 47.3 Å². The van der Waals surface area contributed by atoms with Crippen LogP contribution < -0.4 is 5.32 Å². The molecule has 1 N–H and O–H groups in total. The molecular weight excluding hydrogens is 458 g/mol. The van der Waals surface area contributed by atoms with E-state index >= 15 is 0 Å². The third-order valence-electron chi connectivity index (χ3n) is 8.33. The quantitative estimate of drug-likeness (QED) is 0.416. The fraction of sp³-hybridized carbons (Fsp3) is 0.469. The Labute approximate surface area is 220 Å². The first kappa shape index (κ1) is 25.6. The van der Waals surface area contributed by atoms with Gasteiger partial charge in [0.15, 0.2) is 5.78 Å². The predicted molar refractivity (Wildman–Crippen MR) is 149 cm³/mol. The Morgan fingerprint density at radius 3 is 2.51 bits per heavy atom. The molecule has 5 nitrogen and oxygen atoms in total. The summed E-state index contributed by atoms with van der Waals surface area (Å²) in [5, 5.41) is 5.22. The van der Waals surface area contributed by atoms with Crippen LogP contribution in [0.5, 0.6) is 0 Å². The van der Waals surface area contributed by atoms with Gasteiger partial charge in [0.05, 0.1) is 0 Å². The van der Waals surface area contributed by atoms with Crippen molar-refractivity contribution in [2.45, 2.75) is 64.8 Å². The number of nitrogens with one attached hydrogen (secondary N) is 1. The highest BCUT2D eigenvalue weighted by Gasteiger charge is 2.25. The maximum absolute atomic E-state index is 13.0. The Bertz CT molecular complexity index is 1250. The Hall–Kier alpha value is -3.05. The van der Waals surface area contributed by atoms with Crippen molar-refractivity contribution in [3.8, 4) is 0 Å². The molecule has 1 saturated carbocycles. The van der Waals surface area contributed by atoms with Gasteiger partial charge in [0.2, 0.25) is 0 Å². The Morgan fingerprint density at radius 1 is 0.973 bits per heavy atom. The lowest BCUT2D eigenvalue weighted by atomic mass is 9.84. The van der Waals surface area contributed by atoms with Gasteiger partial charge in [0.25, 0.3) is 5.91 Å². The summed E-state index contributed by atoms with van der Waals surface area (Å²) in [5.74, 6) is 0.954. The molecule has 0 atom stereocenters. The Balaban J connectivity index is 1.08. The van der Waals surface area contributed by atoms with Gasteiger partial charge in [-0.15, -0.1) is 0 Å². The summed E-state index contributed by atoms with van der Waals surface area (Å²) in [6, 6.07) is 16.5. The molecule has 3 aromatic rings. The van der Waals surface area contributed by atoms with Crippen molar-refractivity contribution in [1.29, 1.82) is 0 Å². The highest BCUT2D eigenvalue weighted by atomic mass is 16.2. The van der Waals surface area contributed by atoms with Gasteiger partial charge in [0.1, 0.15) is 5.69 Å². The van der Waals surface area contributed by atoms with E-state index in [-0.39, 0.29) is 23.7 Å². The SMILES string of the molecule is CC(C)C(=O)c1ccc2c(c1)CCN(CCC1CCC(NC(=O)c3nccc4ccccc34)CC1)CC2. The van der Waals surface area contributed by atoms with E-state index in [0.29, 0.717) is 5.69 Å². The van der Waals surface area contributed by atoms with Crippen LogP contribution in [0.4, 0.5) is 0 Å². The number of carbonyl (C=O) groups excluding carboxylic acids is 2. The summed E-state index contributed by atoms with van der Waals surface area (Å²) >= 11 is 0. The van der Waals surface area contributed by atoms with Crippen LogP contribution in [0.25, 0.3) is 10.8 Å². The second-order valence-corrected chi connectivity index (χ2v) is 11.2. The molecule has 2 aliphatic rings. The summed E-state index contributed by atoms with van der Waals surface area (Å²) in [6.07, 6.45) is 9.45. The molecule has 1 amide bonds. The van der Waals surface area contributed by atoms with Gasteiger partial charge in [-0.2, -0.15) is 0 Å². The van der Waals surface area contributed by atoms with Crippen LogP contribution in [0.2, 0.25) is 0 Å². The first-order valence-electron chi connectivity index (χ1n) is 14.0. The van der Waals surface area contributed by atoms with Gasteiger partial charge >= 0.3 is 0 Å². The largest absolute Gasteiger partial charge is 0.348 e. The van der Waals surface area contributed by atoms with Gasteiger partial charge in [-0.3, -0.25) is 14.6 Å². The van der Waals surface area contributed by atoms with E-state index in [1.165, 1.54) is 30.4 Å². The molecule has 0 spiro atoms. The average Bonchev–Trinajstić information content (AvgIpc) is 3.13. The zero-order chi connectivity index (χ0) is 25.8. The zero-order valence-corrected chi connectivity index (χ0v) is 22.2. The monoisotopic (exact) mass is 497 g/mol. The van der Waals surface area contributed by atoms with Gasteiger partial charge in [-0.25, -0.2) is 0 Å². The van der Waals surface area contributed by atoms with Gasteiger partial charge in [-0.1, -0.05) is 50.2 Å². The minimum atomic E-state index is -0.0531. The molecule has 37 heavy (non-hydrogen) atoms. The van der Waals surface area contributed by atoms with Crippen LogP contribution in [0.15, 0.2) is 54.7 Å². The molecule has 5 rings (SSSR count). The first-order chi connectivity index (χ1) is 18.0. The second kappa shape index (κ2) is 11.6. The third kappa shape index (κ3) is 6.10. The minimum absolute atomic E-state index is 0.0404. The minimum Gasteiger partial charge on any atom is -0.348 e. The summed E-state index contributed by atoms with van der Waals surface area (Å²) in [7, 11) is 0. The van der Waals surface area contributed by atoms with Gasteiger partial charge < -0.3 is 10.2 Å². The van der Waals surface area contributed by atoms with Crippen molar-refractivity contribution in [2.75, 3.05) is 19.6 Å². The maximum Gasteiger partial charge on any atom is 0.270 e. The number of hydrogen-bond donors (Lipinski definition) is 1. The van der Waals surface area contributed by atoms with Crippen molar-refractivity contribution in [2.24, 2.45) is 11.8 Å². The van der Waals surface area contributed by atoms with E-state index in [4.69, 9.17) is 0 Å². The zero-order valence-electron chi connectivity index (χ0n) is 22.2. The van der Waals surface area contributed by atoms with Crippen LogP contribution in [0.3, 0.4) is 0 Å². The number of rotatable bonds is 7. The Morgan fingerprint density at radius 2 is 1.73 bits per heavy atom. The summed E-state index contributed by atoms with van der Waals surface area (Å²) in [5.41, 5.74) is 4.15. The smallest absolute Gasteiger partial charge is 0.270 e. The molecule has 0 bridgehead atoms. The topological polar surface area (TPSA) is 62.3 Å². The van der Waals surface area contributed by atoms with Crippen molar-refractivity contribution < 1.29 is 9.59 Å². The van der Waals surface area contributed by atoms with Crippen LogP contribution in [-0.2, 0) is 12.8 Å². The molecule has 0 unspecified atom stereocenters. The number of carbonyl (C=O) groups is 2. The normalized spacial score (nSPS) is 20.4. The van der Waals surface area contributed by atoms with Crippen LogP contribution in [0, 0.1) is 11.8 Å². The molecular formula is C32H39N3O2. The average molecular weight is 498 g/mol. The summed E-state index contributed by atoms with van der Waals surface area (Å²) in [4.78, 5) is 32.4. The number of aromatic nitrogens is 1. The fourth-order valence-electron chi connectivity index (χ4n) is 6.00. The third-order valence-corrected chi connectivity index (χ3v) is 8.33. The summed E-state index contributed by atoms with van der Waals surface area (Å²) in [6.45, 7) is 7.23. The second-order valence-electron chi connectivity index (χ2n) is 11.2. The standard InChI is InChI=1S/C32H39N3O2/c1-22(2)31(36)27-10-9-24-15-19-35(20-16-26(24)21-27)18-14-23-7-11-28(12-8-23)34-32(37)30-29-6-4-3-5-25(29)13-17-33-30/h3-6,9-10,13,17,21-23,28H,7-8,11-12,14-16,18-20H2,1-2H3,(H,34,37). The molecule has 0 saturated heterocycles. The van der Waals surface area contributed by atoms with Crippen LogP contribution >= 0.6 is 0 Å². The fourth-order valence-corrected chi connectivity index (χ4v) is 6.00. The van der Waals surface area contributed by atoms with E-state index in [9.17, 15) is 9.59 Å². The number of pyridine rings is 1. The number of fused-ring (bicyclic) bond motifs is 2. The lowest BCUT2D eigenvalue weighted by Crippen LogP contribution is -2.38. The molecule has 2 heterocycles. The predicted octanol–water partition coefficient (Wildman–Crippen LogP) is 5.85. The highest BCUT2D eigenvalue weighted by molar-refractivity contribution is 6.05. The number of amides is 1. The lowest BCUT2D eigenvalue weighted by molar-refractivity contribution is 0.0914. The molecule has 5 heteroatoms. The van der Waals surface area contributed by atoms with E-state index in [1.807, 2.05) is 50.2 Å². The highest BCUT2D eigenvalue weighted by Crippen LogP contribution is 2.28. The van der Waals surface area contributed by atoms with Crippen LogP contribution in [0.1, 0.15) is 77.9 Å². The maximum atomic E-state index is 13.0. The first-order valence-corrected chi connectivity index (χ1v) is 14.0. The molecule has 1 aliphatic heterocycles. The molecule has 1 fully saturated rings.